The van der Waals surface area contributed by atoms with Crippen molar-refractivity contribution in [2.75, 3.05) is 45.9 Å². The molecule has 2 saturated heterocycles. The Bertz CT molecular complexity index is 1350. The van der Waals surface area contributed by atoms with Gasteiger partial charge in [0.05, 0.1) is 30.7 Å². The number of piperazine rings is 1. The Morgan fingerprint density at radius 2 is 1.86 bits per heavy atom. The number of fused-ring (bicyclic) bond motifs is 4. The van der Waals surface area contributed by atoms with Crippen molar-refractivity contribution in [2.45, 2.75) is 18.5 Å². The van der Waals surface area contributed by atoms with Crippen molar-refractivity contribution in [1.82, 2.24) is 19.7 Å². The highest BCUT2D eigenvalue weighted by molar-refractivity contribution is 5.97. The summed E-state index contributed by atoms with van der Waals surface area (Å²) in [5, 5.41) is 12.5. The lowest BCUT2D eigenvalue weighted by atomic mass is 9.86. The number of aromatic nitrogens is 1. The van der Waals surface area contributed by atoms with Gasteiger partial charge in [0.2, 0.25) is 11.8 Å². The van der Waals surface area contributed by atoms with Gasteiger partial charge in [-0.1, -0.05) is 30.3 Å². The van der Waals surface area contributed by atoms with Crippen LogP contribution in [0.1, 0.15) is 22.9 Å². The molecule has 3 aliphatic rings. The lowest BCUT2D eigenvalue weighted by molar-refractivity contribution is -0.384. The number of nitrogens with zero attached hydrogens (tertiary/aromatic N) is 4. The van der Waals surface area contributed by atoms with Gasteiger partial charge in [-0.05, 0) is 17.2 Å². The molecule has 0 radical (unpaired) electrons. The number of amides is 2. The monoisotopic (exact) mass is 489 g/mol. The summed E-state index contributed by atoms with van der Waals surface area (Å²) in [6.07, 6.45) is 0.406. The third kappa shape index (κ3) is 3.82. The molecule has 36 heavy (non-hydrogen) atoms. The Morgan fingerprint density at radius 1 is 1.06 bits per heavy atom. The Morgan fingerprint density at radius 3 is 2.67 bits per heavy atom. The van der Waals surface area contributed by atoms with Gasteiger partial charge in [-0.15, -0.1) is 0 Å². The zero-order valence-electron chi connectivity index (χ0n) is 19.8. The van der Waals surface area contributed by atoms with Gasteiger partial charge in [-0.2, -0.15) is 0 Å². The van der Waals surface area contributed by atoms with E-state index in [1.165, 1.54) is 12.1 Å². The van der Waals surface area contributed by atoms with Gasteiger partial charge in [0.1, 0.15) is 6.04 Å². The Kier molecular flexibility index (Phi) is 5.69. The molecule has 186 valence electrons. The van der Waals surface area contributed by atoms with Crippen molar-refractivity contribution in [3.63, 3.8) is 0 Å². The zero-order chi connectivity index (χ0) is 24.8. The van der Waals surface area contributed by atoms with Crippen LogP contribution in [0.15, 0.2) is 48.5 Å². The average molecular weight is 490 g/mol. The number of hydrogen-bond donors (Lipinski definition) is 1. The first-order valence-corrected chi connectivity index (χ1v) is 12.2. The van der Waals surface area contributed by atoms with Crippen LogP contribution in [0.25, 0.3) is 10.9 Å². The fraction of sp³-hybridized carbons (Fsp3) is 0.385. The number of para-hydroxylation sites is 1. The van der Waals surface area contributed by atoms with E-state index in [9.17, 15) is 19.7 Å². The largest absolute Gasteiger partial charge is 0.379 e. The summed E-state index contributed by atoms with van der Waals surface area (Å²) in [4.78, 5) is 47.5. The second kappa shape index (κ2) is 9.03. The first-order valence-electron chi connectivity index (χ1n) is 12.2. The first-order chi connectivity index (χ1) is 17.5. The van der Waals surface area contributed by atoms with Crippen LogP contribution in [-0.4, -0.2) is 88.4 Å². The molecular weight excluding hydrogens is 462 g/mol. The normalized spacial score (nSPS) is 22.6. The molecule has 6 rings (SSSR count). The number of morpholine rings is 1. The quantitative estimate of drug-likeness (QED) is 0.434. The van der Waals surface area contributed by atoms with Crippen molar-refractivity contribution in [3.8, 4) is 0 Å². The van der Waals surface area contributed by atoms with E-state index in [1.807, 2.05) is 24.3 Å². The number of benzene rings is 2. The van der Waals surface area contributed by atoms with E-state index in [2.05, 4.69) is 9.88 Å². The number of nitrogens with one attached hydrogen (secondary N) is 1. The van der Waals surface area contributed by atoms with Gasteiger partial charge in [-0.3, -0.25) is 24.6 Å². The van der Waals surface area contributed by atoms with Gasteiger partial charge >= 0.3 is 0 Å². The predicted octanol–water partition coefficient (Wildman–Crippen LogP) is 2.09. The third-order valence-corrected chi connectivity index (χ3v) is 7.53. The predicted molar refractivity (Wildman–Crippen MR) is 131 cm³/mol. The van der Waals surface area contributed by atoms with Crippen molar-refractivity contribution in [2.24, 2.45) is 0 Å². The summed E-state index contributed by atoms with van der Waals surface area (Å²) in [5.74, 6) is -0.225. The lowest BCUT2D eigenvalue weighted by Crippen LogP contribution is -2.63. The van der Waals surface area contributed by atoms with Crippen LogP contribution in [0.4, 0.5) is 5.69 Å². The highest BCUT2D eigenvalue weighted by atomic mass is 16.6. The maximum Gasteiger partial charge on any atom is 0.269 e. The van der Waals surface area contributed by atoms with Crippen LogP contribution >= 0.6 is 0 Å². The highest BCUT2D eigenvalue weighted by Gasteiger charge is 2.48. The number of rotatable bonds is 5. The summed E-state index contributed by atoms with van der Waals surface area (Å²) in [5.41, 5.74) is 3.29. The van der Waals surface area contributed by atoms with Crippen LogP contribution < -0.4 is 0 Å². The van der Waals surface area contributed by atoms with Gasteiger partial charge in [0.15, 0.2) is 0 Å². The van der Waals surface area contributed by atoms with Gasteiger partial charge in [0.25, 0.3) is 5.69 Å². The second-order valence-electron chi connectivity index (χ2n) is 9.55. The number of aromatic amines is 1. The molecule has 0 unspecified atom stereocenters. The van der Waals surface area contributed by atoms with Crippen molar-refractivity contribution >= 4 is 28.4 Å². The van der Waals surface area contributed by atoms with Crippen LogP contribution in [0.3, 0.4) is 0 Å². The van der Waals surface area contributed by atoms with E-state index in [0.29, 0.717) is 38.3 Å². The summed E-state index contributed by atoms with van der Waals surface area (Å²) < 4.78 is 5.41. The first kappa shape index (κ1) is 22.7. The molecule has 4 heterocycles. The molecule has 0 bridgehead atoms. The third-order valence-electron chi connectivity index (χ3n) is 7.53. The van der Waals surface area contributed by atoms with Crippen LogP contribution in [0, 0.1) is 10.1 Å². The Hall–Kier alpha value is -3.76. The van der Waals surface area contributed by atoms with E-state index in [4.69, 9.17) is 4.74 Å². The molecule has 1 N–H and O–H groups in total. The molecular formula is C26H27N5O5. The minimum absolute atomic E-state index is 0.000657. The minimum Gasteiger partial charge on any atom is -0.379 e. The van der Waals surface area contributed by atoms with E-state index >= 15 is 0 Å². The van der Waals surface area contributed by atoms with Gasteiger partial charge in [0, 0.05) is 61.3 Å². The van der Waals surface area contributed by atoms with Crippen LogP contribution in [0.2, 0.25) is 0 Å². The Labute approximate surface area is 207 Å². The summed E-state index contributed by atoms with van der Waals surface area (Å²) in [6, 6.07) is 13.0. The molecule has 0 saturated carbocycles. The van der Waals surface area contributed by atoms with E-state index < -0.39 is 17.0 Å². The molecule has 2 fully saturated rings. The number of ether oxygens (including phenoxy) is 1. The summed E-state index contributed by atoms with van der Waals surface area (Å²) in [7, 11) is 0. The van der Waals surface area contributed by atoms with Crippen molar-refractivity contribution in [3.05, 3.63) is 75.5 Å². The summed E-state index contributed by atoms with van der Waals surface area (Å²) >= 11 is 0. The number of carbonyl (C=O) groups is 2. The van der Waals surface area contributed by atoms with Crippen LogP contribution in [-0.2, 0) is 20.7 Å². The lowest BCUT2D eigenvalue weighted by Gasteiger charge is -2.47. The standard InChI is InChI=1S/C26H27N5O5/c32-23-16-29(9-8-28-10-12-36-13-11-28)26(33)22-15-20-19-6-1-2-7-21(19)27-24(20)25(30(22)23)17-4-3-5-18(14-17)31(34)35/h1-7,14,22,25,27H,8-13,15-16H2/t22-,25-/m1/s1. The number of carbonyl (C=O) groups excluding carboxylic acids is 2. The SMILES string of the molecule is O=C1[C@H]2Cc3c([nH]c4ccccc34)[C@@H](c3cccc([N+](=O)[O-])c3)N2C(=O)CN1CCN1CCOCC1. The molecule has 3 aliphatic heterocycles. The zero-order valence-corrected chi connectivity index (χ0v) is 19.8. The van der Waals surface area contributed by atoms with Crippen molar-refractivity contribution in [1.29, 1.82) is 0 Å². The van der Waals surface area contributed by atoms with E-state index in [0.717, 1.165) is 35.2 Å². The number of hydrogen-bond acceptors (Lipinski definition) is 6. The minimum atomic E-state index is -0.660. The average Bonchev–Trinajstić information content (AvgIpc) is 3.28. The molecule has 2 atom stereocenters. The second-order valence-corrected chi connectivity index (χ2v) is 9.55. The Balaban J connectivity index is 1.39. The molecule has 1 aromatic heterocycles. The number of non-ortho nitro benzene ring substituents is 1. The van der Waals surface area contributed by atoms with E-state index in [1.54, 1.807) is 21.9 Å². The number of nitro groups is 1. The fourth-order valence-corrected chi connectivity index (χ4v) is 5.75. The maximum absolute atomic E-state index is 13.8. The molecule has 10 nitrogen and oxygen atoms in total. The number of nitro benzene ring substituents is 1. The fourth-order valence-electron chi connectivity index (χ4n) is 5.75. The van der Waals surface area contributed by atoms with E-state index in [-0.39, 0.29) is 24.0 Å². The van der Waals surface area contributed by atoms with Crippen LogP contribution in [0.5, 0.6) is 0 Å². The van der Waals surface area contributed by atoms with Gasteiger partial charge < -0.3 is 19.5 Å². The molecule has 10 heteroatoms. The van der Waals surface area contributed by atoms with Gasteiger partial charge in [-0.25, -0.2) is 0 Å². The molecule has 3 aromatic rings. The topological polar surface area (TPSA) is 112 Å². The smallest absolute Gasteiger partial charge is 0.269 e. The number of H-pyrrole nitrogens is 1. The molecule has 2 amide bonds. The highest BCUT2D eigenvalue weighted by Crippen LogP contribution is 2.43. The van der Waals surface area contributed by atoms with Crippen molar-refractivity contribution < 1.29 is 19.2 Å². The molecule has 2 aromatic carbocycles. The molecule has 0 spiro atoms. The summed E-state index contributed by atoms with van der Waals surface area (Å²) in [6.45, 7) is 4.17. The maximum atomic E-state index is 13.8. The molecule has 0 aliphatic carbocycles.